The average molecular weight is 363 g/mol. The first-order valence-electron chi connectivity index (χ1n) is 7.86. The summed E-state index contributed by atoms with van der Waals surface area (Å²) in [5, 5.41) is 4.96. The first kappa shape index (κ1) is 16.2. The number of rotatable bonds is 3. The summed E-state index contributed by atoms with van der Waals surface area (Å²) in [5.74, 6) is -1.10. The predicted molar refractivity (Wildman–Crippen MR) is 98.8 cm³/mol. The fraction of sp³-hybridized carbons (Fsp3) is 0.0526. The lowest BCUT2D eigenvalue weighted by atomic mass is 10.1. The smallest absolute Gasteiger partial charge is 0.266 e. The number of anilines is 2. The SMILES string of the molecule is Cc1c(C(=O)Nc2nccs2)cccc1N1C(=O)c2ccccc2C1=O. The number of benzene rings is 2. The fourth-order valence-corrected chi connectivity index (χ4v) is 3.49. The lowest BCUT2D eigenvalue weighted by Crippen LogP contribution is -2.30. The first-order chi connectivity index (χ1) is 12.6. The van der Waals surface area contributed by atoms with Crippen LogP contribution < -0.4 is 10.2 Å². The van der Waals surface area contributed by atoms with Crippen molar-refractivity contribution in [3.63, 3.8) is 0 Å². The van der Waals surface area contributed by atoms with Crippen LogP contribution in [0.2, 0.25) is 0 Å². The van der Waals surface area contributed by atoms with Crippen LogP contribution in [0.15, 0.2) is 54.0 Å². The van der Waals surface area contributed by atoms with Crippen LogP contribution in [0.25, 0.3) is 0 Å². The van der Waals surface area contributed by atoms with Crippen molar-refractivity contribution in [3.8, 4) is 0 Å². The molecular formula is C19H13N3O3S. The molecule has 7 heteroatoms. The summed E-state index contributed by atoms with van der Waals surface area (Å²) in [5.41, 5.74) is 2.08. The van der Waals surface area contributed by atoms with Crippen molar-refractivity contribution in [1.29, 1.82) is 0 Å². The molecule has 1 aliphatic rings. The van der Waals surface area contributed by atoms with Crippen molar-refractivity contribution < 1.29 is 14.4 Å². The molecular weight excluding hydrogens is 350 g/mol. The highest BCUT2D eigenvalue weighted by Crippen LogP contribution is 2.32. The van der Waals surface area contributed by atoms with Crippen molar-refractivity contribution in [1.82, 2.24) is 4.98 Å². The lowest BCUT2D eigenvalue weighted by Gasteiger charge is -2.18. The van der Waals surface area contributed by atoms with E-state index in [0.717, 1.165) is 4.90 Å². The van der Waals surface area contributed by atoms with E-state index < -0.39 is 0 Å². The van der Waals surface area contributed by atoms with Crippen molar-refractivity contribution in [2.24, 2.45) is 0 Å². The van der Waals surface area contributed by atoms with Gasteiger partial charge in [0.05, 0.1) is 16.8 Å². The summed E-state index contributed by atoms with van der Waals surface area (Å²) in [7, 11) is 0. The number of thiazole rings is 1. The molecule has 0 atom stereocenters. The minimum atomic E-state index is -0.383. The summed E-state index contributed by atoms with van der Waals surface area (Å²) in [6.07, 6.45) is 1.60. The number of nitrogens with zero attached hydrogens (tertiary/aromatic N) is 2. The van der Waals surface area contributed by atoms with E-state index in [1.165, 1.54) is 11.3 Å². The second-order valence-electron chi connectivity index (χ2n) is 5.73. The zero-order valence-electron chi connectivity index (χ0n) is 13.7. The number of carbonyl (C=O) groups excluding carboxylic acids is 3. The van der Waals surface area contributed by atoms with Gasteiger partial charge in [-0.25, -0.2) is 9.88 Å². The molecule has 2 aromatic carbocycles. The third kappa shape index (κ3) is 2.49. The molecule has 3 amide bonds. The van der Waals surface area contributed by atoms with E-state index >= 15 is 0 Å². The molecule has 0 saturated carbocycles. The minimum absolute atomic E-state index is 0.337. The number of aromatic nitrogens is 1. The van der Waals surface area contributed by atoms with E-state index in [1.54, 1.807) is 61.0 Å². The molecule has 0 saturated heterocycles. The normalized spacial score (nSPS) is 13.0. The van der Waals surface area contributed by atoms with Gasteiger partial charge in [-0.3, -0.25) is 19.7 Å². The predicted octanol–water partition coefficient (Wildman–Crippen LogP) is 3.50. The average Bonchev–Trinajstić information content (AvgIpc) is 3.23. The van der Waals surface area contributed by atoms with Gasteiger partial charge in [0.25, 0.3) is 17.7 Å². The Morgan fingerprint density at radius 3 is 2.35 bits per heavy atom. The zero-order chi connectivity index (χ0) is 18.3. The highest BCUT2D eigenvalue weighted by molar-refractivity contribution is 7.13. The van der Waals surface area contributed by atoms with E-state index in [1.807, 2.05) is 0 Å². The molecule has 1 aromatic heterocycles. The standard InChI is InChI=1S/C19H13N3O3S/c1-11-12(16(23)21-19-20-9-10-26-19)7-4-8-15(11)22-17(24)13-5-2-3-6-14(13)18(22)25/h2-10H,1H3,(H,20,21,23). The highest BCUT2D eigenvalue weighted by Gasteiger charge is 2.37. The number of hydrogen-bond donors (Lipinski definition) is 1. The second kappa shape index (κ2) is 6.20. The van der Waals surface area contributed by atoms with E-state index in [2.05, 4.69) is 10.3 Å². The van der Waals surface area contributed by atoms with Crippen LogP contribution in [-0.2, 0) is 0 Å². The van der Waals surface area contributed by atoms with Crippen molar-refractivity contribution >= 4 is 39.9 Å². The maximum Gasteiger partial charge on any atom is 0.266 e. The zero-order valence-corrected chi connectivity index (χ0v) is 14.5. The molecule has 0 bridgehead atoms. The molecule has 0 radical (unpaired) electrons. The Labute approximate surface area is 153 Å². The van der Waals surface area contributed by atoms with E-state index in [-0.39, 0.29) is 17.7 Å². The maximum absolute atomic E-state index is 12.7. The van der Waals surface area contributed by atoms with Gasteiger partial charge in [-0.05, 0) is 36.8 Å². The highest BCUT2D eigenvalue weighted by atomic mass is 32.1. The number of fused-ring (bicyclic) bond motifs is 1. The quantitative estimate of drug-likeness (QED) is 0.722. The van der Waals surface area contributed by atoms with Gasteiger partial charge in [-0.1, -0.05) is 18.2 Å². The van der Waals surface area contributed by atoms with Gasteiger partial charge < -0.3 is 0 Å². The third-order valence-electron chi connectivity index (χ3n) is 4.24. The van der Waals surface area contributed by atoms with Crippen LogP contribution >= 0.6 is 11.3 Å². The summed E-state index contributed by atoms with van der Waals surface area (Å²) >= 11 is 1.31. The number of amides is 3. The molecule has 0 aliphatic carbocycles. The minimum Gasteiger partial charge on any atom is -0.298 e. The largest absolute Gasteiger partial charge is 0.298 e. The maximum atomic E-state index is 12.7. The van der Waals surface area contributed by atoms with Crippen LogP contribution in [0.3, 0.4) is 0 Å². The van der Waals surface area contributed by atoms with Crippen LogP contribution in [0.1, 0.15) is 36.6 Å². The fourth-order valence-electron chi connectivity index (χ4n) is 2.97. The Bertz CT molecular complexity index is 1010. The van der Waals surface area contributed by atoms with E-state index in [4.69, 9.17) is 0 Å². The molecule has 3 aromatic rings. The molecule has 0 unspecified atom stereocenters. The molecule has 0 spiro atoms. The Morgan fingerprint density at radius 2 is 1.73 bits per heavy atom. The van der Waals surface area contributed by atoms with Gasteiger partial charge in [0.2, 0.25) is 0 Å². The Balaban J connectivity index is 1.72. The summed E-state index contributed by atoms with van der Waals surface area (Å²) in [6.45, 7) is 1.72. The molecule has 26 heavy (non-hydrogen) atoms. The second-order valence-corrected chi connectivity index (χ2v) is 6.63. The van der Waals surface area contributed by atoms with Gasteiger partial charge >= 0.3 is 0 Å². The molecule has 0 fully saturated rings. The van der Waals surface area contributed by atoms with Gasteiger partial charge in [0, 0.05) is 17.1 Å². The molecule has 1 N–H and O–H groups in total. The summed E-state index contributed by atoms with van der Waals surface area (Å²) in [4.78, 5) is 43.1. The van der Waals surface area contributed by atoms with Gasteiger partial charge in [-0.15, -0.1) is 11.3 Å². The molecule has 128 valence electrons. The number of imide groups is 1. The Kier molecular flexibility index (Phi) is 3.85. The summed E-state index contributed by atoms with van der Waals surface area (Å²) in [6, 6.07) is 11.7. The number of nitrogens with one attached hydrogen (secondary N) is 1. The number of carbonyl (C=O) groups is 3. The molecule has 6 nitrogen and oxygen atoms in total. The van der Waals surface area contributed by atoms with E-state index in [0.29, 0.717) is 33.1 Å². The van der Waals surface area contributed by atoms with Crippen molar-refractivity contribution in [2.45, 2.75) is 6.92 Å². The van der Waals surface area contributed by atoms with E-state index in [9.17, 15) is 14.4 Å². The van der Waals surface area contributed by atoms with Gasteiger partial charge in [0.1, 0.15) is 0 Å². The van der Waals surface area contributed by atoms with Crippen LogP contribution in [0.5, 0.6) is 0 Å². The Morgan fingerprint density at radius 1 is 1.04 bits per heavy atom. The van der Waals surface area contributed by atoms with Crippen LogP contribution in [0.4, 0.5) is 10.8 Å². The van der Waals surface area contributed by atoms with Crippen LogP contribution in [-0.4, -0.2) is 22.7 Å². The topological polar surface area (TPSA) is 79.4 Å². The lowest BCUT2D eigenvalue weighted by molar-refractivity contribution is 0.0923. The van der Waals surface area contributed by atoms with Gasteiger partial charge in [-0.2, -0.15) is 0 Å². The monoisotopic (exact) mass is 363 g/mol. The molecule has 4 rings (SSSR count). The van der Waals surface area contributed by atoms with Gasteiger partial charge in [0.15, 0.2) is 5.13 Å². The van der Waals surface area contributed by atoms with Crippen molar-refractivity contribution in [2.75, 3.05) is 10.2 Å². The van der Waals surface area contributed by atoms with Crippen LogP contribution in [0, 0.1) is 6.92 Å². The number of hydrogen-bond acceptors (Lipinski definition) is 5. The van der Waals surface area contributed by atoms with Crippen molar-refractivity contribution in [3.05, 3.63) is 76.3 Å². The first-order valence-corrected chi connectivity index (χ1v) is 8.74. The third-order valence-corrected chi connectivity index (χ3v) is 4.93. The Hall–Kier alpha value is -3.32. The molecule has 2 heterocycles. The molecule has 1 aliphatic heterocycles. The summed E-state index contributed by atoms with van der Waals surface area (Å²) < 4.78 is 0.